The van der Waals surface area contributed by atoms with Crippen LogP contribution in [0.25, 0.3) is 0 Å². The number of carbonyl (C=O) groups excluding carboxylic acids is 1. The molecule has 1 N–H and O–H groups in total. The van der Waals surface area contributed by atoms with Crippen molar-refractivity contribution in [2.45, 2.75) is 0 Å². The highest BCUT2D eigenvalue weighted by molar-refractivity contribution is 14.1. The fourth-order valence-electron chi connectivity index (χ4n) is 0.585. The van der Waals surface area contributed by atoms with E-state index in [0.29, 0.717) is 0 Å². The fourth-order valence-corrected chi connectivity index (χ4v) is 1.80. The van der Waals surface area contributed by atoms with Gasteiger partial charge in [0, 0.05) is 5.75 Å². The number of nitrogens with one attached hydrogen (secondary N) is 1. The highest BCUT2D eigenvalue weighted by atomic mass is 127. The molecule has 0 saturated heterocycles. The maximum Gasteiger partial charge on any atom is 0.266 e. The normalized spacial score (nSPS) is 16.3. The summed E-state index contributed by atoms with van der Waals surface area (Å²) in [5, 5.41) is 0. The van der Waals surface area contributed by atoms with Gasteiger partial charge in [0.05, 0.1) is 27.8 Å². The third-order valence-corrected chi connectivity index (χ3v) is 2.51. The number of allylic oxidation sites excluding steroid dienone is 2. The van der Waals surface area contributed by atoms with E-state index < -0.39 is 0 Å². The zero-order chi connectivity index (χ0) is 7.40. The number of hydrogen-bond acceptors (Lipinski definition) is 2. The van der Waals surface area contributed by atoms with Crippen molar-refractivity contribution in [3.8, 4) is 0 Å². The van der Waals surface area contributed by atoms with Gasteiger partial charge in [-0.15, -0.1) is 11.8 Å². The third-order valence-electron chi connectivity index (χ3n) is 1.03. The highest BCUT2D eigenvalue weighted by Crippen LogP contribution is 2.19. The summed E-state index contributed by atoms with van der Waals surface area (Å²) in [6.07, 6.45) is 5.74. The Hall–Kier alpha value is 0.0300. The van der Waals surface area contributed by atoms with Crippen molar-refractivity contribution in [1.82, 2.24) is 3.53 Å². The molecule has 0 unspecified atom stereocenters. The summed E-state index contributed by atoms with van der Waals surface area (Å²) >= 11 is 3.39. The second-order valence-corrected chi connectivity index (χ2v) is 3.29. The van der Waals surface area contributed by atoms with Gasteiger partial charge in [-0.05, 0) is 6.08 Å². The molecule has 2 nitrogen and oxygen atoms in total. The average molecular weight is 267 g/mol. The smallest absolute Gasteiger partial charge is 0.266 e. The van der Waals surface area contributed by atoms with Gasteiger partial charge in [0.15, 0.2) is 0 Å². The van der Waals surface area contributed by atoms with Crippen LogP contribution in [0.4, 0.5) is 0 Å². The highest BCUT2D eigenvalue weighted by Gasteiger charge is 2.07. The Bertz CT molecular complexity index is 200. The van der Waals surface area contributed by atoms with Gasteiger partial charge < -0.3 is 0 Å². The molecule has 1 rings (SSSR count). The molecular weight excluding hydrogens is 261 g/mol. The van der Waals surface area contributed by atoms with Crippen LogP contribution in [0.15, 0.2) is 23.1 Å². The molecule has 1 heterocycles. The van der Waals surface area contributed by atoms with Crippen LogP contribution in [0.1, 0.15) is 0 Å². The van der Waals surface area contributed by atoms with Crippen LogP contribution in [0.3, 0.4) is 0 Å². The van der Waals surface area contributed by atoms with Gasteiger partial charge in [0.25, 0.3) is 5.91 Å². The molecule has 0 aromatic rings. The van der Waals surface area contributed by atoms with Crippen molar-refractivity contribution in [1.29, 1.82) is 0 Å². The summed E-state index contributed by atoms with van der Waals surface area (Å²) in [4.78, 5) is 11.7. The lowest BCUT2D eigenvalue weighted by molar-refractivity contribution is -0.114. The van der Waals surface area contributed by atoms with E-state index in [2.05, 4.69) is 3.53 Å². The van der Waals surface area contributed by atoms with Crippen molar-refractivity contribution < 1.29 is 4.79 Å². The van der Waals surface area contributed by atoms with Gasteiger partial charge in [-0.3, -0.25) is 8.32 Å². The zero-order valence-electron chi connectivity index (χ0n) is 5.13. The largest absolute Gasteiger partial charge is 0.294 e. The minimum absolute atomic E-state index is 0.00468. The van der Waals surface area contributed by atoms with E-state index in [1.54, 1.807) is 11.8 Å². The van der Waals surface area contributed by atoms with E-state index in [1.807, 2.05) is 41.1 Å². The van der Waals surface area contributed by atoms with E-state index in [1.165, 1.54) is 0 Å². The van der Waals surface area contributed by atoms with E-state index in [0.717, 1.165) is 10.7 Å². The summed E-state index contributed by atoms with van der Waals surface area (Å²) in [7, 11) is 0. The topological polar surface area (TPSA) is 29.1 Å². The standard InChI is InChI=1S/C6H6INOS/c7-8-6(9)5-3-1-2-4-10-5/h1-3H,4H2,(H,8,9). The first-order valence-corrected chi connectivity index (χ1v) is 4.81. The summed E-state index contributed by atoms with van der Waals surface area (Å²) in [5.41, 5.74) is 0. The van der Waals surface area contributed by atoms with Crippen molar-refractivity contribution in [2.75, 3.05) is 5.75 Å². The summed E-state index contributed by atoms with van der Waals surface area (Å²) in [5.74, 6) is 0.894. The van der Waals surface area contributed by atoms with Crippen LogP contribution in [-0.4, -0.2) is 11.7 Å². The predicted molar refractivity (Wildman–Crippen MR) is 51.8 cm³/mol. The Morgan fingerprint density at radius 3 is 3.10 bits per heavy atom. The zero-order valence-corrected chi connectivity index (χ0v) is 8.11. The van der Waals surface area contributed by atoms with Crippen LogP contribution in [-0.2, 0) is 4.79 Å². The second kappa shape index (κ2) is 4.02. The lowest BCUT2D eigenvalue weighted by Crippen LogP contribution is -2.13. The first kappa shape index (κ1) is 8.13. The van der Waals surface area contributed by atoms with Crippen LogP contribution < -0.4 is 3.53 Å². The molecule has 0 spiro atoms. The van der Waals surface area contributed by atoms with Crippen LogP contribution in [0, 0.1) is 0 Å². The molecule has 1 aliphatic rings. The predicted octanol–water partition coefficient (Wildman–Crippen LogP) is 1.64. The summed E-state index contributed by atoms with van der Waals surface area (Å²) < 4.78 is 2.54. The summed E-state index contributed by atoms with van der Waals surface area (Å²) in [6.45, 7) is 0. The molecular formula is C6H6INOS. The number of hydrogen-bond donors (Lipinski definition) is 1. The summed E-state index contributed by atoms with van der Waals surface area (Å²) in [6, 6.07) is 0. The lowest BCUT2D eigenvalue weighted by atomic mass is 10.4. The maximum absolute atomic E-state index is 10.9. The van der Waals surface area contributed by atoms with Crippen LogP contribution in [0.2, 0.25) is 0 Å². The Morgan fingerprint density at radius 1 is 1.80 bits per heavy atom. The number of thioether (sulfide) groups is 1. The van der Waals surface area contributed by atoms with E-state index in [4.69, 9.17) is 0 Å². The molecule has 4 heteroatoms. The number of carbonyl (C=O) groups is 1. The lowest BCUT2D eigenvalue weighted by Gasteiger charge is -2.04. The van der Waals surface area contributed by atoms with Crippen molar-refractivity contribution in [3.63, 3.8) is 0 Å². The molecule has 0 saturated carbocycles. The molecule has 54 valence electrons. The third kappa shape index (κ3) is 2.02. The Morgan fingerprint density at radius 2 is 2.60 bits per heavy atom. The molecule has 0 bridgehead atoms. The van der Waals surface area contributed by atoms with E-state index >= 15 is 0 Å². The monoisotopic (exact) mass is 267 g/mol. The minimum Gasteiger partial charge on any atom is -0.294 e. The van der Waals surface area contributed by atoms with Gasteiger partial charge in [-0.2, -0.15) is 0 Å². The molecule has 1 amide bonds. The first-order valence-electron chi connectivity index (χ1n) is 2.75. The number of amides is 1. The minimum atomic E-state index is -0.00468. The molecule has 0 fully saturated rings. The maximum atomic E-state index is 10.9. The van der Waals surface area contributed by atoms with Crippen molar-refractivity contribution in [3.05, 3.63) is 23.1 Å². The molecule has 0 aliphatic carbocycles. The Kier molecular flexibility index (Phi) is 3.27. The van der Waals surface area contributed by atoms with Crippen LogP contribution in [0.5, 0.6) is 0 Å². The molecule has 0 aromatic heterocycles. The SMILES string of the molecule is O=C(NI)C1=CC=CCS1. The molecule has 10 heavy (non-hydrogen) atoms. The van der Waals surface area contributed by atoms with E-state index in [9.17, 15) is 4.79 Å². The van der Waals surface area contributed by atoms with Gasteiger partial charge in [0.1, 0.15) is 0 Å². The molecule has 0 aromatic carbocycles. The average Bonchev–Trinajstić information content (AvgIpc) is 2.05. The van der Waals surface area contributed by atoms with Gasteiger partial charge >= 0.3 is 0 Å². The molecule has 0 radical (unpaired) electrons. The van der Waals surface area contributed by atoms with Crippen molar-refractivity contribution in [2.24, 2.45) is 0 Å². The van der Waals surface area contributed by atoms with Gasteiger partial charge in [0.2, 0.25) is 0 Å². The molecule has 1 aliphatic heterocycles. The first-order chi connectivity index (χ1) is 4.84. The van der Waals surface area contributed by atoms with Gasteiger partial charge in [-0.25, -0.2) is 0 Å². The van der Waals surface area contributed by atoms with Crippen molar-refractivity contribution >= 4 is 40.5 Å². The Labute approximate surface area is 77.6 Å². The fraction of sp³-hybridized carbons (Fsp3) is 0.167. The Balaban J connectivity index is 2.62. The second-order valence-electron chi connectivity index (χ2n) is 1.69. The van der Waals surface area contributed by atoms with Crippen LogP contribution >= 0.6 is 34.6 Å². The molecule has 0 atom stereocenters. The van der Waals surface area contributed by atoms with E-state index in [-0.39, 0.29) is 5.91 Å². The number of halogens is 1. The quantitative estimate of drug-likeness (QED) is 0.578. The van der Waals surface area contributed by atoms with Gasteiger partial charge in [-0.1, -0.05) is 12.2 Å². The number of rotatable bonds is 1.